The first-order valence-electron chi connectivity index (χ1n) is 4.54. The molecule has 1 fully saturated rings. The molecule has 70 valence electrons. The fourth-order valence-electron chi connectivity index (χ4n) is 1.72. The molecule has 0 N–H and O–H groups in total. The largest absolute Gasteiger partial charge is 0.207 e. The molecule has 2 rings (SSSR count). The second kappa shape index (κ2) is 3.30. The number of halogens is 2. The van der Waals surface area contributed by atoms with Gasteiger partial charge in [-0.05, 0) is 42.4 Å². The maximum absolute atomic E-state index is 12.9. The molecule has 0 aliphatic heterocycles. The average Bonchev–Trinajstić information content (AvgIpc) is 2.88. The predicted octanol–water partition coefficient (Wildman–Crippen LogP) is 3.48. The van der Waals surface area contributed by atoms with E-state index < -0.39 is 0 Å². The monoisotopic (exact) mass is 198 g/mol. The Bertz CT molecular complexity index is 322. The first-order chi connectivity index (χ1) is 6.22. The van der Waals surface area contributed by atoms with E-state index in [1.807, 2.05) is 12.1 Å². The van der Waals surface area contributed by atoms with Gasteiger partial charge in [0.25, 0.3) is 0 Å². The van der Waals surface area contributed by atoms with Crippen LogP contribution in [0.4, 0.5) is 4.39 Å². The summed E-state index contributed by atoms with van der Waals surface area (Å²) in [6.07, 6.45) is 1.16. The van der Waals surface area contributed by atoms with E-state index in [0.717, 1.165) is 17.9 Å². The molecule has 0 amide bonds. The van der Waals surface area contributed by atoms with Crippen LogP contribution in [0.15, 0.2) is 18.2 Å². The summed E-state index contributed by atoms with van der Waals surface area (Å²) in [7, 11) is 0. The zero-order chi connectivity index (χ0) is 9.42. The van der Waals surface area contributed by atoms with Gasteiger partial charge in [-0.15, -0.1) is 11.6 Å². The summed E-state index contributed by atoms with van der Waals surface area (Å²) in [6.45, 7) is 1.80. The van der Waals surface area contributed by atoms with Crippen LogP contribution in [0, 0.1) is 18.7 Å². The molecule has 2 unspecified atom stereocenters. The minimum atomic E-state index is -0.119. The lowest BCUT2D eigenvalue weighted by Gasteiger charge is -2.01. The molecule has 1 aromatic rings. The Labute approximate surface area is 82.7 Å². The van der Waals surface area contributed by atoms with Gasteiger partial charge in [-0.25, -0.2) is 4.39 Å². The maximum Gasteiger partial charge on any atom is 0.126 e. The van der Waals surface area contributed by atoms with Crippen LogP contribution < -0.4 is 0 Å². The smallest absolute Gasteiger partial charge is 0.126 e. The van der Waals surface area contributed by atoms with E-state index in [4.69, 9.17) is 11.6 Å². The van der Waals surface area contributed by atoms with Gasteiger partial charge in [0.2, 0.25) is 0 Å². The normalized spacial score (nSPS) is 26.1. The molecule has 2 heteroatoms. The Morgan fingerprint density at radius 2 is 2.31 bits per heavy atom. The van der Waals surface area contributed by atoms with Crippen molar-refractivity contribution in [2.75, 3.05) is 5.88 Å². The molecule has 1 saturated carbocycles. The van der Waals surface area contributed by atoms with Crippen molar-refractivity contribution in [2.24, 2.45) is 5.92 Å². The first kappa shape index (κ1) is 9.01. The van der Waals surface area contributed by atoms with Gasteiger partial charge in [0.05, 0.1) is 0 Å². The average molecular weight is 199 g/mol. The highest BCUT2D eigenvalue weighted by Crippen LogP contribution is 2.48. The van der Waals surface area contributed by atoms with Crippen LogP contribution in [-0.4, -0.2) is 5.88 Å². The molecule has 0 saturated heterocycles. The molecule has 2 atom stereocenters. The van der Waals surface area contributed by atoms with Crippen LogP contribution in [0.1, 0.15) is 23.5 Å². The number of aryl methyl sites for hydroxylation is 1. The van der Waals surface area contributed by atoms with Gasteiger partial charge in [-0.2, -0.15) is 0 Å². The standard InChI is InChI=1S/C11H12ClF/c1-7-4-8(2-3-11(7)13)10-5-9(10)6-12/h2-4,9-10H,5-6H2,1H3. The van der Waals surface area contributed by atoms with Gasteiger partial charge < -0.3 is 0 Å². The van der Waals surface area contributed by atoms with Crippen LogP contribution in [0.5, 0.6) is 0 Å². The highest BCUT2D eigenvalue weighted by atomic mass is 35.5. The van der Waals surface area contributed by atoms with Crippen molar-refractivity contribution in [1.29, 1.82) is 0 Å². The van der Waals surface area contributed by atoms with E-state index in [1.165, 1.54) is 5.56 Å². The van der Waals surface area contributed by atoms with Crippen LogP contribution in [-0.2, 0) is 0 Å². The summed E-state index contributed by atoms with van der Waals surface area (Å²) in [5, 5.41) is 0. The Kier molecular flexibility index (Phi) is 2.29. The van der Waals surface area contributed by atoms with Crippen LogP contribution in [0.3, 0.4) is 0 Å². The van der Waals surface area contributed by atoms with Crippen molar-refractivity contribution in [3.05, 3.63) is 35.1 Å². The van der Waals surface area contributed by atoms with Crippen LogP contribution in [0.2, 0.25) is 0 Å². The molecule has 0 spiro atoms. The van der Waals surface area contributed by atoms with E-state index in [9.17, 15) is 4.39 Å². The molecule has 0 radical (unpaired) electrons. The number of hydrogen-bond acceptors (Lipinski definition) is 0. The molecule has 1 aliphatic rings. The zero-order valence-corrected chi connectivity index (χ0v) is 8.31. The Morgan fingerprint density at radius 3 is 2.85 bits per heavy atom. The topological polar surface area (TPSA) is 0 Å². The Hall–Kier alpha value is -0.560. The van der Waals surface area contributed by atoms with Crippen LogP contribution >= 0.6 is 11.6 Å². The molecule has 0 bridgehead atoms. The van der Waals surface area contributed by atoms with Gasteiger partial charge in [0.15, 0.2) is 0 Å². The van der Waals surface area contributed by atoms with Gasteiger partial charge in [0.1, 0.15) is 5.82 Å². The minimum absolute atomic E-state index is 0.119. The van der Waals surface area contributed by atoms with Gasteiger partial charge >= 0.3 is 0 Å². The number of hydrogen-bond donors (Lipinski definition) is 0. The fraction of sp³-hybridized carbons (Fsp3) is 0.455. The van der Waals surface area contributed by atoms with E-state index in [0.29, 0.717) is 11.8 Å². The van der Waals surface area contributed by atoms with E-state index in [-0.39, 0.29) is 5.82 Å². The molecular weight excluding hydrogens is 187 g/mol. The molecule has 1 aliphatic carbocycles. The van der Waals surface area contributed by atoms with Gasteiger partial charge in [0, 0.05) is 5.88 Å². The van der Waals surface area contributed by atoms with Crippen LogP contribution in [0.25, 0.3) is 0 Å². The highest BCUT2D eigenvalue weighted by Gasteiger charge is 2.37. The predicted molar refractivity (Wildman–Crippen MR) is 52.7 cm³/mol. The first-order valence-corrected chi connectivity index (χ1v) is 5.08. The second-order valence-corrected chi connectivity index (χ2v) is 4.07. The summed E-state index contributed by atoms with van der Waals surface area (Å²) in [6, 6.07) is 5.36. The lowest BCUT2D eigenvalue weighted by Crippen LogP contribution is -1.88. The maximum atomic E-state index is 12.9. The Balaban J connectivity index is 2.19. The van der Waals surface area contributed by atoms with Crippen molar-refractivity contribution in [3.8, 4) is 0 Å². The summed E-state index contributed by atoms with van der Waals surface area (Å²) in [5.41, 5.74) is 1.97. The summed E-state index contributed by atoms with van der Waals surface area (Å²) >= 11 is 5.74. The molecule has 0 heterocycles. The fourth-order valence-corrected chi connectivity index (χ4v) is 2.07. The van der Waals surface area contributed by atoms with Gasteiger partial charge in [-0.1, -0.05) is 12.1 Å². The van der Waals surface area contributed by atoms with Crippen molar-refractivity contribution < 1.29 is 4.39 Å². The van der Waals surface area contributed by atoms with E-state index in [2.05, 4.69) is 0 Å². The third-order valence-corrected chi connectivity index (χ3v) is 3.13. The third-order valence-electron chi connectivity index (χ3n) is 2.73. The van der Waals surface area contributed by atoms with Crippen molar-refractivity contribution >= 4 is 11.6 Å². The van der Waals surface area contributed by atoms with E-state index >= 15 is 0 Å². The summed E-state index contributed by atoms with van der Waals surface area (Å²) < 4.78 is 12.9. The lowest BCUT2D eigenvalue weighted by atomic mass is 10.1. The Morgan fingerprint density at radius 1 is 1.54 bits per heavy atom. The van der Waals surface area contributed by atoms with E-state index in [1.54, 1.807) is 13.0 Å². The SMILES string of the molecule is Cc1cc(C2CC2CCl)ccc1F. The quantitative estimate of drug-likeness (QED) is 0.639. The molecule has 13 heavy (non-hydrogen) atoms. The molecular formula is C11H12ClF. The number of rotatable bonds is 2. The second-order valence-electron chi connectivity index (χ2n) is 3.77. The van der Waals surface area contributed by atoms with Gasteiger partial charge in [-0.3, -0.25) is 0 Å². The summed E-state index contributed by atoms with van der Waals surface area (Å²) in [5.74, 6) is 1.80. The third kappa shape index (κ3) is 1.71. The van der Waals surface area contributed by atoms with Crippen molar-refractivity contribution in [1.82, 2.24) is 0 Å². The minimum Gasteiger partial charge on any atom is -0.207 e. The molecule has 1 aromatic carbocycles. The number of alkyl halides is 1. The van der Waals surface area contributed by atoms with Crippen molar-refractivity contribution in [2.45, 2.75) is 19.3 Å². The number of benzene rings is 1. The highest BCUT2D eigenvalue weighted by molar-refractivity contribution is 6.18. The summed E-state index contributed by atoms with van der Waals surface area (Å²) in [4.78, 5) is 0. The molecule has 0 aromatic heterocycles. The lowest BCUT2D eigenvalue weighted by molar-refractivity contribution is 0.617. The van der Waals surface area contributed by atoms with Crippen molar-refractivity contribution in [3.63, 3.8) is 0 Å². The molecule has 0 nitrogen and oxygen atoms in total. The zero-order valence-electron chi connectivity index (χ0n) is 7.56.